The fourth-order valence-corrected chi connectivity index (χ4v) is 1.22. The lowest BCUT2D eigenvalue weighted by Gasteiger charge is -2.12. The summed E-state index contributed by atoms with van der Waals surface area (Å²) in [6, 6.07) is 7.56. The molecule has 0 spiro atoms. The molecule has 0 aliphatic rings. The maximum absolute atomic E-state index is 11.6. The summed E-state index contributed by atoms with van der Waals surface area (Å²) < 4.78 is 0. The van der Waals surface area contributed by atoms with Crippen LogP contribution in [0.5, 0.6) is 0 Å². The van der Waals surface area contributed by atoms with Crippen LogP contribution in [0.25, 0.3) is 0 Å². The number of carboxylic acids is 1. The van der Waals surface area contributed by atoms with Crippen molar-refractivity contribution in [3.63, 3.8) is 0 Å². The summed E-state index contributed by atoms with van der Waals surface area (Å²) in [6.45, 7) is 3.45. The van der Waals surface area contributed by atoms with Gasteiger partial charge in [-0.15, -0.1) is 6.58 Å². The van der Waals surface area contributed by atoms with Gasteiger partial charge < -0.3 is 10.4 Å². The molecule has 0 bridgehead atoms. The Bertz CT molecular complexity index is 387. The fourth-order valence-electron chi connectivity index (χ4n) is 1.22. The number of carbonyl (C=O) groups is 2. The van der Waals surface area contributed by atoms with Crippen molar-refractivity contribution >= 4 is 11.9 Å². The summed E-state index contributed by atoms with van der Waals surface area (Å²) in [5.41, 5.74) is 0.442. The van der Waals surface area contributed by atoms with Gasteiger partial charge in [0, 0.05) is 5.56 Å². The Morgan fingerprint density at radius 1 is 1.38 bits per heavy atom. The molecule has 0 aliphatic carbocycles. The molecule has 84 valence electrons. The average Bonchev–Trinajstić information content (AvgIpc) is 2.29. The van der Waals surface area contributed by atoms with Gasteiger partial charge in [-0.25, -0.2) is 4.79 Å². The Labute approximate surface area is 93.6 Å². The van der Waals surface area contributed by atoms with Gasteiger partial charge in [-0.1, -0.05) is 24.3 Å². The zero-order valence-corrected chi connectivity index (χ0v) is 8.72. The summed E-state index contributed by atoms with van der Waals surface area (Å²) in [5.74, 6) is -1.46. The summed E-state index contributed by atoms with van der Waals surface area (Å²) >= 11 is 0. The van der Waals surface area contributed by atoms with Gasteiger partial charge in [-0.3, -0.25) is 4.79 Å². The minimum Gasteiger partial charge on any atom is -0.480 e. The highest BCUT2D eigenvalue weighted by molar-refractivity contribution is 5.96. The Kier molecular flexibility index (Phi) is 4.27. The molecule has 1 amide bonds. The van der Waals surface area contributed by atoms with Crippen LogP contribution in [0.4, 0.5) is 0 Å². The summed E-state index contributed by atoms with van der Waals surface area (Å²) in [6.07, 6.45) is 1.66. The zero-order chi connectivity index (χ0) is 12.0. The van der Waals surface area contributed by atoms with Crippen molar-refractivity contribution < 1.29 is 14.7 Å². The molecule has 1 aromatic carbocycles. The minimum absolute atomic E-state index is 0.202. The van der Waals surface area contributed by atoms with Crippen LogP contribution in [0, 0.1) is 0 Å². The maximum Gasteiger partial charge on any atom is 0.326 e. The number of carboxylic acid groups (broad SMARTS) is 1. The topological polar surface area (TPSA) is 66.4 Å². The molecule has 0 heterocycles. The molecule has 1 aromatic rings. The van der Waals surface area contributed by atoms with Crippen molar-refractivity contribution in [2.75, 3.05) is 0 Å². The van der Waals surface area contributed by atoms with Gasteiger partial charge in [0.1, 0.15) is 6.04 Å². The predicted octanol–water partition coefficient (Wildman–Crippen LogP) is 1.45. The number of nitrogens with one attached hydrogen (secondary N) is 1. The molecule has 0 saturated carbocycles. The van der Waals surface area contributed by atoms with Crippen LogP contribution < -0.4 is 5.32 Å². The summed E-state index contributed by atoms with van der Waals surface area (Å²) in [7, 11) is 0. The molecular weight excluding hydrogens is 206 g/mol. The van der Waals surface area contributed by atoms with E-state index in [-0.39, 0.29) is 6.42 Å². The normalized spacial score (nSPS) is 11.5. The van der Waals surface area contributed by atoms with Crippen LogP contribution in [0.3, 0.4) is 0 Å². The second kappa shape index (κ2) is 5.70. The molecule has 16 heavy (non-hydrogen) atoms. The van der Waals surface area contributed by atoms with Crippen molar-refractivity contribution in [2.24, 2.45) is 0 Å². The average molecular weight is 219 g/mol. The van der Waals surface area contributed by atoms with Gasteiger partial charge in [0.05, 0.1) is 0 Å². The molecule has 0 aromatic heterocycles. The van der Waals surface area contributed by atoms with Crippen LogP contribution in [-0.4, -0.2) is 23.0 Å². The smallest absolute Gasteiger partial charge is 0.326 e. The van der Waals surface area contributed by atoms with E-state index in [1.54, 1.807) is 30.3 Å². The van der Waals surface area contributed by atoms with E-state index in [1.807, 2.05) is 0 Å². The molecule has 0 fully saturated rings. The van der Waals surface area contributed by atoms with Gasteiger partial charge in [0.15, 0.2) is 0 Å². The van der Waals surface area contributed by atoms with Crippen LogP contribution in [0.1, 0.15) is 16.8 Å². The highest BCUT2D eigenvalue weighted by Crippen LogP contribution is 2.01. The molecule has 0 unspecified atom stereocenters. The van der Waals surface area contributed by atoms with Gasteiger partial charge in [-0.05, 0) is 18.6 Å². The van der Waals surface area contributed by atoms with Crippen molar-refractivity contribution in [3.05, 3.63) is 48.6 Å². The van der Waals surface area contributed by atoms with Gasteiger partial charge >= 0.3 is 5.97 Å². The Balaban J connectivity index is 2.69. The predicted molar refractivity (Wildman–Crippen MR) is 60.1 cm³/mol. The second-order valence-corrected chi connectivity index (χ2v) is 3.25. The van der Waals surface area contributed by atoms with E-state index >= 15 is 0 Å². The standard InChI is InChI=1S/C12H13NO3/c1-2-6-10(12(15)16)13-11(14)9-7-4-3-5-8-9/h2-5,7-8,10H,1,6H2,(H,13,14)(H,15,16)/t10-/m0/s1. The second-order valence-electron chi connectivity index (χ2n) is 3.25. The van der Waals surface area contributed by atoms with Crippen molar-refractivity contribution in [3.8, 4) is 0 Å². The van der Waals surface area contributed by atoms with E-state index in [4.69, 9.17) is 5.11 Å². The van der Waals surface area contributed by atoms with E-state index in [9.17, 15) is 9.59 Å². The van der Waals surface area contributed by atoms with E-state index in [1.165, 1.54) is 6.08 Å². The minimum atomic E-state index is -1.07. The third-order valence-electron chi connectivity index (χ3n) is 2.04. The van der Waals surface area contributed by atoms with Crippen LogP contribution in [-0.2, 0) is 4.79 Å². The molecule has 4 heteroatoms. The van der Waals surface area contributed by atoms with E-state index < -0.39 is 17.9 Å². The Morgan fingerprint density at radius 3 is 2.50 bits per heavy atom. The van der Waals surface area contributed by atoms with E-state index in [0.717, 1.165) is 0 Å². The summed E-state index contributed by atoms with van der Waals surface area (Å²) in [5, 5.41) is 11.3. The number of rotatable bonds is 5. The number of aliphatic carboxylic acids is 1. The van der Waals surface area contributed by atoms with Gasteiger partial charge in [0.2, 0.25) is 0 Å². The van der Waals surface area contributed by atoms with Crippen molar-refractivity contribution in [1.82, 2.24) is 5.32 Å². The monoisotopic (exact) mass is 219 g/mol. The SMILES string of the molecule is C=CC[C@H](NC(=O)c1ccccc1)C(=O)O. The largest absolute Gasteiger partial charge is 0.480 e. The fraction of sp³-hybridized carbons (Fsp3) is 0.167. The van der Waals surface area contributed by atoms with E-state index in [0.29, 0.717) is 5.56 Å². The quantitative estimate of drug-likeness (QED) is 0.736. The van der Waals surface area contributed by atoms with Crippen LogP contribution >= 0.6 is 0 Å². The molecule has 2 N–H and O–H groups in total. The first-order valence-electron chi connectivity index (χ1n) is 4.84. The van der Waals surface area contributed by atoms with Crippen molar-refractivity contribution in [1.29, 1.82) is 0 Å². The van der Waals surface area contributed by atoms with Gasteiger partial charge in [-0.2, -0.15) is 0 Å². The lowest BCUT2D eigenvalue weighted by Crippen LogP contribution is -2.40. The van der Waals surface area contributed by atoms with E-state index in [2.05, 4.69) is 11.9 Å². The molecule has 1 atom stereocenters. The first-order chi connectivity index (χ1) is 7.65. The third kappa shape index (κ3) is 3.24. The van der Waals surface area contributed by atoms with Crippen LogP contribution in [0.2, 0.25) is 0 Å². The van der Waals surface area contributed by atoms with Crippen molar-refractivity contribution in [2.45, 2.75) is 12.5 Å². The third-order valence-corrected chi connectivity index (χ3v) is 2.04. The molecule has 1 rings (SSSR count). The van der Waals surface area contributed by atoms with Crippen LogP contribution in [0.15, 0.2) is 43.0 Å². The molecular formula is C12H13NO3. The molecule has 0 aliphatic heterocycles. The highest BCUT2D eigenvalue weighted by Gasteiger charge is 2.18. The number of hydrogen-bond acceptors (Lipinski definition) is 2. The first-order valence-corrected chi connectivity index (χ1v) is 4.84. The Morgan fingerprint density at radius 2 is 2.00 bits per heavy atom. The zero-order valence-electron chi connectivity index (χ0n) is 8.72. The highest BCUT2D eigenvalue weighted by atomic mass is 16.4. The van der Waals surface area contributed by atoms with Gasteiger partial charge in [0.25, 0.3) is 5.91 Å². The number of benzene rings is 1. The number of amides is 1. The number of hydrogen-bond donors (Lipinski definition) is 2. The molecule has 0 radical (unpaired) electrons. The molecule has 4 nitrogen and oxygen atoms in total. The summed E-state index contributed by atoms with van der Waals surface area (Å²) in [4.78, 5) is 22.4. The maximum atomic E-state index is 11.6. The first kappa shape index (κ1) is 12.0. The number of carbonyl (C=O) groups excluding carboxylic acids is 1. The molecule has 0 saturated heterocycles. The lowest BCUT2D eigenvalue weighted by atomic mass is 10.1. The lowest BCUT2D eigenvalue weighted by molar-refractivity contribution is -0.139. The Hall–Kier alpha value is -2.10.